The molecule has 0 fully saturated rings. The van der Waals surface area contributed by atoms with Crippen LogP contribution in [0, 0.1) is 17.2 Å². The van der Waals surface area contributed by atoms with E-state index in [4.69, 9.17) is 11.0 Å². The van der Waals surface area contributed by atoms with Crippen LogP contribution in [0.4, 0.5) is 0 Å². The molecule has 1 amide bonds. The molecule has 0 spiro atoms. The molecule has 1 aromatic heterocycles. The van der Waals surface area contributed by atoms with Gasteiger partial charge >= 0.3 is 0 Å². The fraction of sp³-hybridized carbons (Fsp3) is 0.167. The lowest BCUT2D eigenvalue weighted by molar-refractivity contribution is -0.119. The molecule has 1 unspecified atom stereocenters. The molecule has 0 saturated heterocycles. The van der Waals surface area contributed by atoms with Gasteiger partial charge in [0.25, 0.3) is 0 Å². The van der Waals surface area contributed by atoms with Gasteiger partial charge in [0.2, 0.25) is 5.91 Å². The number of nitriles is 1. The lowest BCUT2D eigenvalue weighted by atomic mass is 9.98. The summed E-state index contributed by atoms with van der Waals surface area (Å²) in [5.74, 6) is -2.12. The fourth-order valence-corrected chi connectivity index (χ4v) is 1.30. The van der Waals surface area contributed by atoms with E-state index in [0.29, 0.717) is 5.56 Å². The predicted molar refractivity (Wildman–Crippen MR) is 61.2 cm³/mol. The van der Waals surface area contributed by atoms with E-state index in [2.05, 4.69) is 4.98 Å². The first-order valence-corrected chi connectivity index (χ1v) is 4.88. The molecule has 5 nitrogen and oxygen atoms in total. The second-order valence-corrected chi connectivity index (χ2v) is 3.38. The normalized spacial score (nSPS) is 12.6. The first-order valence-electron chi connectivity index (χ1n) is 4.88. The highest BCUT2D eigenvalue weighted by Crippen LogP contribution is 2.17. The van der Waals surface area contributed by atoms with Crippen LogP contribution in [-0.2, 0) is 9.59 Å². The van der Waals surface area contributed by atoms with E-state index in [1.165, 1.54) is 25.4 Å². The van der Waals surface area contributed by atoms with Crippen LogP contribution in [-0.4, -0.2) is 16.7 Å². The van der Waals surface area contributed by atoms with Crippen molar-refractivity contribution in [1.29, 1.82) is 5.26 Å². The summed E-state index contributed by atoms with van der Waals surface area (Å²) in [6.07, 6.45) is 4.33. The summed E-state index contributed by atoms with van der Waals surface area (Å²) in [5, 5.41) is 8.75. The van der Waals surface area contributed by atoms with E-state index in [1.54, 1.807) is 18.2 Å². The number of pyridine rings is 1. The van der Waals surface area contributed by atoms with Crippen molar-refractivity contribution in [3.8, 4) is 6.07 Å². The van der Waals surface area contributed by atoms with Crippen molar-refractivity contribution >= 4 is 17.3 Å². The molecule has 0 aromatic carbocycles. The first kappa shape index (κ1) is 12.6. The van der Waals surface area contributed by atoms with Crippen LogP contribution in [0.25, 0.3) is 5.57 Å². The van der Waals surface area contributed by atoms with Crippen LogP contribution in [0.2, 0.25) is 0 Å². The van der Waals surface area contributed by atoms with Crippen molar-refractivity contribution in [2.24, 2.45) is 11.7 Å². The number of primary amides is 1. The molecule has 0 aliphatic rings. The van der Waals surface area contributed by atoms with Crippen molar-refractivity contribution in [3.05, 3.63) is 36.2 Å². The molecule has 0 aliphatic heterocycles. The molecule has 1 rings (SSSR count). The molecule has 2 N–H and O–H groups in total. The minimum atomic E-state index is -1.11. The zero-order chi connectivity index (χ0) is 12.8. The van der Waals surface area contributed by atoms with Crippen molar-refractivity contribution < 1.29 is 9.59 Å². The number of Topliss-reactive ketones (excluding diaryl/α,β-unsaturated/α-hetero) is 1. The fourth-order valence-electron chi connectivity index (χ4n) is 1.30. The number of carbonyl (C=O) groups excluding carboxylic acids is 2. The summed E-state index contributed by atoms with van der Waals surface area (Å²) in [6.45, 7) is 1.36. The molecule has 0 saturated carbocycles. The SMILES string of the molecule is CC(=O)/C(=C/C(C#N)C(N)=O)c1ccncc1. The van der Waals surface area contributed by atoms with Crippen LogP contribution in [0.5, 0.6) is 0 Å². The molecule has 1 aromatic rings. The molecular formula is C12H11N3O2. The second-order valence-electron chi connectivity index (χ2n) is 3.38. The highest BCUT2D eigenvalue weighted by molar-refractivity contribution is 6.20. The van der Waals surface area contributed by atoms with E-state index in [0.717, 1.165) is 0 Å². The molecule has 0 bridgehead atoms. The quantitative estimate of drug-likeness (QED) is 0.767. The predicted octanol–water partition coefficient (Wildman–Crippen LogP) is 0.679. The van der Waals surface area contributed by atoms with E-state index in [9.17, 15) is 9.59 Å². The molecule has 1 atom stereocenters. The van der Waals surface area contributed by atoms with Gasteiger partial charge in [-0.15, -0.1) is 0 Å². The number of nitrogens with two attached hydrogens (primary N) is 1. The van der Waals surface area contributed by atoms with Gasteiger partial charge in [0, 0.05) is 18.0 Å². The topological polar surface area (TPSA) is 96.8 Å². The number of allylic oxidation sites excluding steroid dienone is 1. The average Bonchev–Trinajstić information content (AvgIpc) is 2.30. The number of hydrogen-bond acceptors (Lipinski definition) is 4. The third-order valence-electron chi connectivity index (χ3n) is 2.15. The van der Waals surface area contributed by atoms with Gasteiger partial charge < -0.3 is 5.73 Å². The number of rotatable bonds is 4. The van der Waals surface area contributed by atoms with Crippen LogP contribution >= 0.6 is 0 Å². The van der Waals surface area contributed by atoms with Crippen LogP contribution < -0.4 is 5.73 Å². The number of hydrogen-bond donors (Lipinski definition) is 1. The highest BCUT2D eigenvalue weighted by atomic mass is 16.1. The standard InChI is InChI=1S/C12H11N3O2/c1-8(16)11(6-10(7-13)12(14)17)9-2-4-15-5-3-9/h2-6,10H,1H3,(H2,14,17)/b11-6-. The molecule has 17 heavy (non-hydrogen) atoms. The number of nitrogens with zero attached hydrogens (tertiary/aromatic N) is 2. The summed E-state index contributed by atoms with van der Waals surface area (Å²) >= 11 is 0. The molecule has 1 heterocycles. The summed E-state index contributed by atoms with van der Waals surface area (Å²) in [6, 6.07) is 4.99. The van der Waals surface area contributed by atoms with Crippen molar-refractivity contribution in [1.82, 2.24) is 4.98 Å². The molecule has 0 aliphatic carbocycles. The molecular weight excluding hydrogens is 218 g/mol. The van der Waals surface area contributed by atoms with Gasteiger partial charge in [0.05, 0.1) is 6.07 Å². The Hall–Kier alpha value is -2.48. The summed E-state index contributed by atoms with van der Waals surface area (Å²) in [4.78, 5) is 26.2. The van der Waals surface area contributed by atoms with Gasteiger partial charge in [0.15, 0.2) is 5.78 Å². The summed E-state index contributed by atoms with van der Waals surface area (Å²) in [7, 11) is 0. The van der Waals surface area contributed by atoms with Crippen LogP contribution in [0.1, 0.15) is 12.5 Å². The second kappa shape index (κ2) is 5.56. The monoisotopic (exact) mass is 229 g/mol. The zero-order valence-electron chi connectivity index (χ0n) is 9.25. The Morgan fingerprint density at radius 3 is 2.47 bits per heavy atom. The Morgan fingerprint density at radius 1 is 1.47 bits per heavy atom. The maximum Gasteiger partial charge on any atom is 0.238 e. The molecule has 0 radical (unpaired) electrons. The Morgan fingerprint density at radius 2 is 2.06 bits per heavy atom. The minimum absolute atomic E-state index is 0.238. The lowest BCUT2D eigenvalue weighted by Crippen LogP contribution is -2.20. The zero-order valence-corrected chi connectivity index (χ0v) is 9.25. The summed E-state index contributed by atoms with van der Waals surface area (Å²) in [5.41, 5.74) is 5.94. The Bertz CT molecular complexity index is 500. The highest BCUT2D eigenvalue weighted by Gasteiger charge is 2.15. The van der Waals surface area contributed by atoms with E-state index in [-0.39, 0.29) is 11.4 Å². The number of ketones is 1. The van der Waals surface area contributed by atoms with Crippen LogP contribution in [0.3, 0.4) is 0 Å². The third-order valence-corrected chi connectivity index (χ3v) is 2.15. The van der Waals surface area contributed by atoms with E-state index in [1.807, 2.05) is 0 Å². The minimum Gasteiger partial charge on any atom is -0.368 e. The average molecular weight is 229 g/mol. The van der Waals surface area contributed by atoms with Crippen LogP contribution in [0.15, 0.2) is 30.6 Å². The smallest absolute Gasteiger partial charge is 0.238 e. The number of carbonyl (C=O) groups is 2. The molecule has 5 heteroatoms. The third kappa shape index (κ3) is 3.24. The van der Waals surface area contributed by atoms with Gasteiger partial charge in [-0.2, -0.15) is 5.26 Å². The number of amides is 1. The van der Waals surface area contributed by atoms with Gasteiger partial charge in [0.1, 0.15) is 5.92 Å². The first-order chi connectivity index (χ1) is 8.06. The lowest BCUT2D eigenvalue weighted by Gasteiger charge is -2.05. The maximum absolute atomic E-state index is 11.5. The maximum atomic E-state index is 11.5. The Labute approximate surface area is 98.6 Å². The van der Waals surface area contributed by atoms with Gasteiger partial charge in [-0.1, -0.05) is 0 Å². The largest absolute Gasteiger partial charge is 0.368 e. The Balaban J connectivity index is 3.20. The van der Waals surface area contributed by atoms with Gasteiger partial charge in [-0.25, -0.2) is 0 Å². The Kier molecular flexibility index (Phi) is 4.12. The van der Waals surface area contributed by atoms with E-state index < -0.39 is 11.8 Å². The van der Waals surface area contributed by atoms with Crippen molar-refractivity contribution in [2.45, 2.75) is 6.92 Å². The summed E-state index contributed by atoms with van der Waals surface area (Å²) < 4.78 is 0. The van der Waals surface area contributed by atoms with Gasteiger partial charge in [-0.05, 0) is 30.7 Å². The van der Waals surface area contributed by atoms with E-state index >= 15 is 0 Å². The van der Waals surface area contributed by atoms with Crippen molar-refractivity contribution in [3.63, 3.8) is 0 Å². The molecule has 86 valence electrons. The van der Waals surface area contributed by atoms with Gasteiger partial charge in [-0.3, -0.25) is 14.6 Å². The van der Waals surface area contributed by atoms with Crippen molar-refractivity contribution in [2.75, 3.05) is 0 Å². The number of aromatic nitrogens is 1.